The van der Waals surface area contributed by atoms with Gasteiger partial charge in [0.05, 0.1) is 52.8 Å². The Morgan fingerprint density at radius 2 is 1.90 bits per heavy atom. The predicted molar refractivity (Wildman–Crippen MR) is 186 cm³/mol. The topological polar surface area (TPSA) is 105 Å². The standard InChI is InChI=1S/C38H36F2N8O/c1-22-16-29-34(33(40)31(22)28-11-7-9-24-8-6-10-25(18-42)32(24)28)44-36(46-20-38(3,21-46)45(4)5)30-19-43-48(35(29)30)27-13-15-47(37(49)23(2)39)26(17-27)12-14-41/h6-11,16,19,26-27H,2,12-13,15,17,20-21H2,1,3-5H3/t26-,27+/m1/s1. The van der Waals surface area contributed by atoms with E-state index in [9.17, 15) is 19.7 Å². The highest BCUT2D eigenvalue weighted by atomic mass is 19.1. The fraction of sp³-hybridized carbons (Fsp3) is 0.342. The van der Waals surface area contributed by atoms with Crippen LogP contribution in [0.1, 0.15) is 43.4 Å². The Labute approximate surface area is 283 Å². The first-order valence-electron chi connectivity index (χ1n) is 16.3. The summed E-state index contributed by atoms with van der Waals surface area (Å²) in [7, 11) is 4.08. The van der Waals surface area contributed by atoms with E-state index in [2.05, 4.69) is 35.4 Å². The van der Waals surface area contributed by atoms with Crippen molar-refractivity contribution in [2.45, 2.75) is 50.7 Å². The van der Waals surface area contributed by atoms with Crippen LogP contribution >= 0.6 is 0 Å². The van der Waals surface area contributed by atoms with Crippen LogP contribution in [-0.2, 0) is 4.79 Å². The van der Waals surface area contributed by atoms with Gasteiger partial charge in [-0.25, -0.2) is 13.8 Å². The van der Waals surface area contributed by atoms with Crippen LogP contribution < -0.4 is 4.90 Å². The van der Waals surface area contributed by atoms with Crippen molar-refractivity contribution in [3.05, 3.63) is 78.0 Å². The molecule has 0 bridgehead atoms. The van der Waals surface area contributed by atoms with Crippen molar-refractivity contribution in [3.63, 3.8) is 0 Å². The summed E-state index contributed by atoms with van der Waals surface area (Å²) in [5.41, 5.74) is 2.99. The first-order chi connectivity index (χ1) is 23.5. The van der Waals surface area contributed by atoms with E-state index in [0.717, 1.165) is 16.3 Å². The maximum Gasteiger partial charge on any atom is 0.282 e. The van der Waals surface area contributed by atoms with Gasteiger partial charge in [0.2, 0.25) is 0 Å². The lowest BCUT2D eigenvalue weighted by Gasteiger charge is -2.52. The van der Waals surface area contributed by atoms with Crippen molar-refractivity contribution in [2.24, 2.45) is 0 Å². The summed E-state index contributed by atoms with van der Waals surface area (Å²) in [6.07, 6.45) is 2.64. The van der Waals surface area contributed by atoms with Gasteiger partial charge in [-0.05, 0) is 69.4 Å². The molecular formula is C38H36F2N8O. The summed E-state index contributed by atoms with van der Waals surface area (Å²) in [5, 5.41) is 27.3. The number of likely N-dealkylation sites (N-methyl/N-ethyl adjacent to an activating group) is 1. The molecule has 7 rings (SSSR count). The highest BCUT2D eigenvalue weighted by molar-refractivity contribution is 6.11. The fourth-order valence-electron chi connectivity index (χ4n) is 7.69. The number of likely N-dealkylation sites (tertiary alicyclic amines) is 1. The maximum absolute atomic E-state index is 17.3. The third kappa shape index (κ3) is 5.08. The largest absolute Gasteiger partial charge is 0.352 e. The molecule has 11 heteroatoms. The molecule has 5 aromatic rings. The number of nitrogens with zero attached hydrogens (tertiary/aromatic N) is 8. The summed E-state index contributed by atoms with van der Waals surface area (Å²) in [6, 6.07) is 16.7. The lowest BCUT2D eigenvalue weighted by atomic mass is 9.89. The van der Waals surface area contributed by atoms with Crippen LogP contribution in [0.25, 0.3) is 43.7 Å². The van der Waals surface area contributed by atoms with E-state index in [0.29, 0.717) is 64.8 Å². The number of piperidine rings is 1. The quantitative estimate of drug-likeness (QED) is 0.185. The Hall–Kier alpha value is -5.39. The van der Waals surface area contributed by atoms with Crippen LogP contribution in [-0.4, -0.2) is 75.8 Å². The Morgan fingerprint density at radius 3 is 2.57 bits per heavy atom. The zero-order valence-corrected chi connectivity index (χ0v) is 28.0. The molecule has 1 amide bonds. The molecule has 2 fully saturated rings. The molecule has 0 saturated carbocycles. The number of nitriles is 2. The van der Waals surface area contributed by atoms with Gasteiger partial charge < -0.3 is 14.7 Å². The normalized spacial score (nSPS) is 18.9. The number of aryl methyl sites for hydroxylation is 1. The van der Waals surface area contributed by atoms with Crippen LogP contribution in [0.4, 0.5) is 14.6 Å². The number of anilines is 1. The van der Waals surface area contributed by atoms with Gasteiger partial charge in [0, 0.05) is 42.0 Å². The first kappa shape index (κ1) is 32.2. The molecule has 2 aliphatic heterocycles. The molecule has 2 aromatic heterocycles. The lowest BCUT2D eigenvalue weighted by molar-refractivity contribution is -0.132. The molecule has 0 spiro atoms. The van der Waals surface area contributed by atoms with Crippen molar-refractivity contribution in [2.75, 3.05) is 38.6 Å². The van der Waals surface area contributed by atoms with Crippen molar-refractivity contribution in [1.82, 2.24) is 24.6 Å². The molecule has 4 heterocycles. The zero-order valence-electron chi connectivity index (χ0n) is 28.0. The number of benzene rings is 3. The molecule has 3 aromatic carbocycles. The third-order valence-electron chi connectivity index (χ3n) is 10.5. The highest BCUT2D eigenvalue weighted by Crippen LogP contribution is 2.43. The summed E-state index contributed by atoms with van der Waals surface area (Å²) < 4.78 is 33.1. The molecule has 0 N–H and O–H groups in total. The van der Waals surface area contributed by atoms with E-state index in [1.165, 1.54) is 4.90 Å². The molecule has 2 saturated heterocycles. The zero-order chi connectivity index (χ0) is 34.8. The van der Waals surface area contributed by atoms with Crippen molar-refractivity contribution in [1.29, 1.82) is 10.5 Å². The molecule has 248 valence electrons. The fourth-order valence-corrected chi connectivity index (χ4v) is 7.69. The SMILES string of the molecule is C=C(F)C(=O)N1CC[C@H](n2ncc3c(N4CC(C)(N(C)C)C4)nc4c(F)c(-c5cccc6cccc(C#N)c56)c(C)cc4c32)C[C@H]1CC#N. The number of amides is 1. The van der Waals surface area contributed by atoms with Crippen molar-refractivity contribution < 1.29 is 13.6 Å². The Kier molecular flexibility index (Phi) is 7.84. The number of carbonyl (C=O) groups is 1. The van der Waals surface area contributed by atoms with Gasteiger partial charge in [-0.3, -0.25) is 9.48 Å². The van der Waals surface area contributed by atoms with Gasteiger partial charge in [-0.1, -0.05) is 36.9 Å². The van der Waals surface area contributed by atoms with Crippen molar-refractivity contribution in [3.8, 4) is 23.3 Å². The van der Waals surface area contributed by atoms with E-state index >= 15 is 4.39 Å². The Balaban J connectivity index is 1.44. The molecule has 9 nitrogen and oxygen atoms in total. The van der Waals surface area contributed by atoms with E-state index in [1.807, 2.05) is 62.1 Å². The lowest BCUT2D eigenvalue weighted by Crippen LogP contribution is -2.67. The number of pyridine rings is 1. The summed E-state index contributed by atoms with van der Waals surface area (Å²) >= 11 is 0. The van der Waals surface area contributed by atoms with Gasteiger partial charge in [0.25, 0.3) is 5.91 Å². The minimum Gasteiger partial charge on any atom is -0.352 e. The van der Waals surface area contributed by atoms with Gasteiger partial charge in [-0.2, -0.15) is 15.6 Å². The van der Waals surface area contributed by atoms with Crippen molar-refractivity contribution >= 4 is 44.3 Å². The molecular weight excluding hydrogens is 622 g/mol. The Bertz CT molecular complexity index is 2270. The van der Waals surface area contributed by atoms with Crippen LogP contribution in [0, 0.1) is 35.4 Å². The minimum atomic E-state index is -1.05. The number of aromatic nitrogens is 3. The number of hydrogen-bond donors (Lipinski definition) is 0. The van der Waals surface area contributed by atoms with E-state index < -0.39 is 23.6 Å². The number of rotatable bonds is 6. The van der Waals surface area contributed by atoms with Crippen LogP contribution in [0.15, 0.2) is 61.1 Å². The summed E-state index contributed by atoms with van der Waals surface area (Å²) in [6.45, 7) is 8.81. The van der Waals surface area contributed by atoms with E-state index in [4.69, 9.17) is 10.1 Å². The van der Waals surface area contributed by atoms with Crippen LogP contribution in [0.5, 0.6) is 0 Å². The molecule has 2 aliphatic rings. The third-order valence-corrected chi connectivity index (χ3v) is 10.5. The van der Waals surface area contributed by atoms with E-state index in [-0.39, 0.29) is 30.1 Å². The predicted octanol–water partition coefficient (Wildman–Crippen LogP) is 6.79. The second-order valence-corrected chi connectivity index (χ2v) is 13.7. The molecule has 0 radical (unpaired) electrons. The van der Waals surface area contributed by atoms with Crippen LogP contribution in [0.2, 0.25) is 0 Å². The smallest absolute Gasteiger partial charge is 0.282 e. The van der Waals surface area contributed by atoms with Gasteiger partial charge in [-0.15, -0.1) is 0 Å². The monoisotopic (exact) mass is 658 g/mol. The number of fused-ring (bicyclic) bond motifs is 4. The number of carbonyl (C=O) groups excluding carboxylic acids is 1. The number of halogens is 2. The van der Waals surface area contributed by atoms with Crippen LogP contribution in [0.3, 0.4) is 0 Å². The second kappa shape index (κ2) is 11.9. The second-order valence-electron chi connectivity index (χ2n) is 13.7. The van der Waals surface area contributed by atoms with Gasteiger partial charge >= 0.3 is 0 Å². The summed E-state index contributed by atoms with van der Waals surface area (Å²) in [5.74, 6) is -1.71. The first-order valence-corrected chi connectivity index (χ1v) is 16.3. The highest BCUT2D eigenvalue weighted by Gasteiger charge is 2.43. The molecule has 2 atom stereocenters. The average molecular weight is 659 g/mol. The molecule has 49 heavy (non-hydrogen) atoms. The maximum atomic E-state index is 17.3. The van der Waals surface area contributed by atoms with Gasteiger partial charge in [0.1, 0.15) is 11.3 Å². The minimum absolute atomic E-state index is 0.0337. The van der Waals surface area contributed by atoms with Gasteiger partial charge in [0.15, 0.2) is 11.6 Å². The molecule has 0 unspecified atom stereocenters. The number of hydrogen-bond acceptors (Lipinski definition) is 7. The average Bonchev–Trinajstić information content (AvgIpc) is 3.52. The molecule has 0 aliphatic carbocycles. The van der Waals surface area contributed by atoms with E-state index in [1.54, 1.807) is 12.3 Å². The summed E-state index contributed by atoms with van der Waals surface area (Å²) in [4.78, 5) is 23.3. The Morgan fingerprint density at radius 1 is 1.16 bits per heavy atom.